The topological polar surface area (TPSA) is 50.1 Å². The second kappa shape index (κ2) is 5.49. The molecule has 0 aromatic heterocycles. The molecule has 2 rings (SSSR count). The minimum absolute atomic E-state index is 0.0149. The number of hydrogen-bond donors (Lipinski definition) is 0. The summed E-state index contributed by atoms with van der Waals surface area (Å²) in [6.07, 6.45) is 0. The average molecular weight is 273 g/mol. The fourth-order valence-electron chi connectivity index (χ4n) is 1.64. The lowest BCUT2D eigenvalue weighted by atomic mass is 10.1. The summed E-state index contributed by atoms with van der Waals surface area (Å²) in [5.41, 5.74) is 0.439. The second-order valence-corrected chi connectivity index (χ2v) is 4.06. The molecule has 0 radical (unpaired) electrons. The molecule has 0 atom stereocenters. The summed E-state index contributed by atoms with van der Waals surface area (Å²) in [7, 11) is 0. The summed E-state index contributed by atoms with van der Waals surface area (Å²) < 4.78 is 31.9. The Morgan fingerprint density at radius 3 is 2.55 bits per heavy atom. The van der Waals surface area contributed by atoms with Gasteiger partial charge in [-0.3, -0.25) is 4.79 Å². The van der Waals surface area contributed by atoms with Gasteiger partial charge in [0.2, 0.25) is 0 Å². The first kappa shape index (κ1) is 13.7. The number of benzene rings is 2. The number of rotatable bonds is 3. The summed E-state index contributed by atoms with van der Waals surface area (Å²) in [5, 5.41) is 8.83. The van der Waals surface area contributed by atoms with Crippen LogP contribution in [0.2, 0.25) is 0 Å². The molecule has 0 aliphatic rings. The van der Waals surface area contributed by atoms with E-state index in [-0.39, 0.29) is 28.4 Å². The molecule has 2 aromatic rings. The van der Waals surface area contributed by atoms with Crippen LogP contribution in [0.1, 0.15) is 22.8 Å². The van der Waals surface area contributed by atoms with Crippen LogP contribution >= 0.6 is 0 Å². The fourth-order valence-corrected chi connectivity index (χ4v) is 1.64. The maximum atomic E-state index is 13.5. The van der Waals surface area contributed by atoms with Crippen molar-refractivity contribution in [1.29, 1.82) is 5.26 Å². The number of carbonyl (C=O) groups excluding carboxylic acids is 1. The molecule has 0 heterocycles. The molecule has 0 saturated heterocycles. The van der Waals surface area contributed by atoms with E-state index >= 15 is 0 Å². The van der Waals surface area contributed by atoms with E-state index in [9.17, 15) is 13.6 Å². The first-order valence-corrected chi connectivity index (χ1v) is 5.69. The van der Waals surface area contributed by atoms with Crippen LogP contribution in [0.4, 0.5) is 8.78 Å². The normalized spacial score (nSPS) is 9.90. The highest BCUT2D eigenvalue weighted by molar-refractivity contribution is 5.97. The lowest BCUT2D eigenvalue weighted by molar-refractivity contribution is 0.101. The lowest BCUT2D eigenvalue weighted by Gasteiger charge is -2.10. The van der Waals surface area contributed by atoms with Crippen molar-refractivity contribution in [1.82, 2.24) is 0 Å². The number of nitriles is 1. The molecule has 2 aromatic carbocycles. The zero-order valence-electron chi connectivity index (χ0n) is 10.5. The molecule has 0 spiro atoms. The predicted octanol–water partition coefficient (Wildman–Crippen LogP) is 3.83. The van der Waals surface area contributed by atoms with E-state index in [0.29, 0.717) is 0 Å². The van der Waals surface area contributed by atoms with Crippen LogP contribution in [0.3, 0.4) is 0 Å². The molecule has 0 amide bonds. The molecule has 20 heavy (non-hydrogen) atoms. The van der Waals surface area contributed by atoms with E-state index in [0.717, 1.165) is 18.2 Å². The molecule has 0 aliphatic heterocycles. The summed E-state index contributed by atoms with van der Waals surface area (Å²) in [5.74, 6) is -2.06. The van der Waals surface area contributed by atoms with Gasteiger partial charge in [0.15, 0.2) is 17.3 Å². The van der Waals surface area contributed by atoms with Crippen molar-refractivity contribution in [3.8, 4) is 17.6 Å². The molecule has 0 fully saturated rings. The van der Waals surface area contributed by atoms with Crippen molar-refractivity contribution in [2.24, 2.45) is 0 Å². The molecule has 100 valence electrons. The summed E-state index contributed by atoms with van der Waals surface area (Å²) in [4.78, 5) is 11.5. The Hall–Kier alpha value is -2.74. The highest BCUT2D eigenvalue weighted by Gasteiger charge is 2.13. The van der Waals surface area contributed by atoms with E-state index in [1.807, 2.05) is 6.07 Å². The first-order chi connectivity index (χ1) is 9.51. The van der Waals surface area contributed by atoms with Gasteiger partial charge in [0.05, 0.1) is 17.2 Å². The largest absolute Gasteiger partial charge is 0.453 e. The van der Waals surface area contributed by atoms with Gasteiger partial charge >= 0.3 is 0 Å². The number of carbonyl (C=O) groups is 1. The molecule has 5 heteroatoms. The van der Waals surface area contributed by atoms with Crippen LogP contribution in [-0.2, 0) is 0 Å². The van der Waals surface area contributed by atoms with E-state index in [1.165, 1.54) is 25.1 Å². The van der Waals surface area contributed by atoms with Gasteiger partial charge in [0.25, 0.3) is 0 Å². The first-order valence-electron chi connectivity index (χ1n) is 5.69. The van der Waals surface area contributed by atoms with Crippen LogP contribution in [0.15, 0.2) is 36.4 Å². The van der Waals surface area contributed by atoms with Crippen molar-refractivity contribution in [2.75, 3.05) is 0 Å². The minimum Gasteiger partial charge on any atom is -0.453 e. The number of ether oxygens (including phenoxy) is 1. The zero-order valence-corrected chi connectivity index (χ0v) is 10.5. The van der Waals surface area contributed by atoms with Crippen LogP contribution in [0.25, 0.3) is 0 Å². The Bertz CT molecular complexity index is 720. The minimum atomic E-state index is -0.761. The van der Waals surface area contributed by atoms with Crippen LogP contribution in [-0.4, -0.2) is 5.78 Å². The molecule has 0 saturated carbocycles. The Morgan fingerprint density at radius 1 is 1.15 bits per heavy atom. The van der Waals surface area contributed by atoms with Gasteiger partial charge in [0.1, 0.15) is 11.6 Å². The second-order valence-electron chi connectivity index (χ2n) is 4.06. The monoisotopic (exact) mass is 273 g/mol. The third-order valence-corrected chi connectivity index (χ3v) is 2.60. The Morgan fingerprint density at radius 2 is 1.90 bits per heavy atom. The lowest BCUT2D eigenvalue weighted by Crippen LogP contribution is -1.99. The highest BCUT2D eigenvalue weighted by Crippen LogP contribution is 2.29. The van der Waals surface area contributed by atoms with Gasteiger partial charge < -0.3 is 4.74 Å². The third-order valence-electron chi connectivity index (χ3n) is 2.60. The molecule has 0 N–H and O–H groups in total. The van der Waals surface area contributed by atoms with Gasteiger partial charge in [0, 0.05) is 6.07 Å². The van der Waals surface area contributed by atoms with Crippen molar-refractivity contribution in [2.45, 2.75) is 6.92 Å². The molecule has 0 bridgehead atoms. The van der Waals surface area contributed by atoms with Gasteiger partial charge in [-0.05, 0) is 37.3 Å². The van der Waals surface area contributed by atoms with Gasteiger partial charge in [-0.2, -0.15) is 5.26 Å². The molecular formula is C15H9F2NO2. The fraction of sp³-hybridized carbons (Fsp3) is 0.0667. The Kier molecular flexibility index (Phi) is 3.76. The smallest absolute Gasteiger partial charge is 0.166 e. The van der Waals surface area contributed by atoms with E-state index < -0.39 is 11.6 Å². The van der Waals surface area contributed by atoms with Crippen molar-refractivity contribution in [3.63, 3.8) is 0 Å². The summed E-state index contributed by atoms with van der Waals surface area (Å²) >= 11 is 0. The number of Topliss-reactive ketones (excluding diaryl/α,β-unsaturated/α-hetero) is 1. The average Bonchev–Trinajstić information content (AvgIpc) is 2.42. The Balaban J connectivity index is 2.49. The van der Waals surface area contributed by atoms with Crippen molar-refractivity contribution in [3.05, 3.63) is 59.2 Å². The maximum Gasteiger partial charge on any atom is 0.166 e. The van der Waals surface area contributed by atoms with Crippen LogP contribution in [0, 0.1) is 23.0 Å². The number of ketones is 1. The van der Waals surface area contributed by atoms with Crippen LogP contribution < -0.4 is 4.74 Å². The molecule has 0 aliphatic carbocycles. The van der Waals surface area contributed by atoms with E-state index in [1.54, 1.807) is 0 Å². The van der Waals surface area contributed by atoms with Gasteiger partial charge in [-0.25, -0.2) is 8.78 Å². The summed E-state index contributed by atoms with van der Waals surface area (Å²) in [6, 6.07) is 8.81. The van der Waals surface area contributed by atoms with Crippen LogP contribution in [0.5, 0.6) is 11.5 Å². The number of nitrogens with zero attached hydrogens (tertiary/aromatic N) is 1. The third kappa shape index (κ3) is 2.81. The summed E-state index contributed by atoms with van der Waals surface area (Å²) in [6.45, 7) is 1.32. The van der Waals surface area contributed by atoms with Gasteiger partial charge in [-0.1, -0.05) is 0 Å². The van der Waals surface area contributed by atoms with E-state index in [2.05, 4.69) is 0 Å². The van der Waals surface area contributed by atoms with Crippen molar-refractivity contribution >= 4 is 5.78 Å². The number of halogens is 2. The maximum absolute atomic E-state index is 13.5. The van der Waals surface area contributed by atoms with Crippen molar-refractivity contribution < 1.29 is 18.3 Å². The highest BCUT2D eigenvalue weighted by atomic mass is 19.1. The molecule has 3 nitrogen and oxygen atoms in total. The zero-order chi connectivity index (χ0) is 14.7. The number of hydrogen-bond acceptors (Lipinski definition) is 3. The Labute approximate surface area is 114 Å². The molecular weight excluding hydrogens is 264 g/mol. The van der Waals surface area contributed by atoms with E-state index in [4.69, 9.17) is 10.00 Å². The molecule has 0 unspecified atom stereocenters. The standard InChI is InChI=1S/C15H9F2NO2/c1-9(19)12-4-2-10(8-18)6-14(12)20-15-7-11(16)3-5-13(15)17/h2-7H,1H3. The predicted molar refractivity (Wildman–Crippen MR) is 67.6 cm³/mol. The SMILES string of the molecule is CC(=O)c1ccc(C#N)cc1Oc1cc(F)ccc1F. The van der Waals surface area contributed by atoms with Gasteiger partial charge in [-0.15, -0.1) is 0 Å². The quantitative estimate of drug-likeness (QED) is 0.798.